The lowest BCUT2D eigenvalue weighted by molar-refractivity contribution is 1.12. The minimum absolute atomic E-state index is 0.704. The van der Waals surface area contributed by atoms with Gasteiger partial charge >= 0.3 is 0 Å². The Bertz CT molecular complexity index is 2280. The fourth-order valence-corrected chi connectivity index (χ4v) is 7.44. The topological polar surface area (TPSA) is 43.1 Å². The van der Waals surface area contributed by atoms with Crippen LogP contribution in [-0.4, -0.2) is 21.3 Å². The Balaban J connectivity index is 1.32. The average molecular weight is 623 g/mol. The first-order valence-corrected chi connectivity index (χ1v) is 16.4. The fourth-order valence-electron chi connectivity index (χ4n) is 6.31. The Morgan fingerprint density at radius 3 is 2.00 bits per heavy atom. The van der Waals surface area contributed by atoms with Gasteiger partial charge in [0.25, 0.3) is 0 Å². The third kappa shape index (κ3) is 5.11. The number of para-hydroxylation sites is 1. The molecule has 7 aromatic rings. The van der Waals surface area contributed by atoms with Crippen molar-refractivity contribution < 1.29 is 0 Å². The van der Waals surface area contributed by atoms with Crippen molar-refractivity contribution in [1.82, 2.24) is 14.5 Å². The van der Waals surface area contributed by atoms with Crippen LogP contribution in [0, 0.1) is 0 Å². The zero-order chi connectivity index (χ0) is 31.7. The van der Waals surface area contributed by atoms with Crippen LogP contribution < -0.4 is 0 Å². The number of allylic oxidation sites excluding steroid dienone is 2. The largest absolute Gasteiger partial charge is 0.309 e. The van der Waals surface area contributed by atoms with Crippen LogP contribution in [0.3, 0.4) is 0 Å². The fraction of sp³-hybridized carbons (Fsp3) is 0.0238. The number of aliphatic imine (C=N–C) groups is 1. The molecule has 0 fully saturated rings. The van der Waals surface area contributed by atoms with Gasteiger partial charge in [0.2, 0.25) is 0 Å². The maximum absolute atomic E-state index is 5.05. The van der Waals surface area contributed by atoms with Crippen molar-refractivity contribution in [3.63, 3.8) is 0 Å². The van der Waals surface area contributed by atoms with Crippen LogP contribution in [0.4, 0.5) is 0 Å². The van der Waals surface area contributed by atoms with Gasteiger partial charge in [-0.15, -0.1) is 0 Å². The molecule has 0 saturated carbocycles. The van der Waals surface area contributed by atoms with Gasteiger partial charge in [0.15, 0.2) is 5.82 Å². The van der Waals surface area contributed by atoms with E-state index < -0.39 is 0 Å². The molecule has 1 aliphatic heterocycles. The van der Waals surface area contributed by atoms with Crippen LogP contribution in [0.1, 0.15) is 12.5 Å². The van der Waals surface area contributed by atoms with Crippen molar-refractivity contribution in [2.75, 3.05) is 0 Å². The third-order valence-electron chi connectivity index (χ3n) is 8.43. The summed E-state index contributed by atoms with van der Waals surface area (Å²) >= 11 is 1.74. The Kier molecular flexibility index (Phi) is 7.44. The molecular formula is C42H30N4S. The van der Waals surface area contributed by atoms with Gasteiger partial charge in [-0.3, -0.25) is 4.99 Å². The highest BCUT2D eigenvalue weighted by Gasteiger charge is 2.28. The summed E-state index contributed by atoms with van der Waals surface area (Å²) in [6.07, 6.45) is 4.20. The van der Waals surface area contributed by atoms with E-state index in [4.69, 9.17) is 9.97 Å². The van der Waals surface area contributed by atoms with Gasteiger partial charge in [-0.05, 0) is 44.0 Å². The lowest BCUT2D eigenvalue weighted by Crippen LogP contribution is -1.99. The molecule has 1 aliphatic rings. The number of benzene rings is 5. The molecule has 5 aromatic carbocycles. The predicted molar refractivity (Wildman–Crippen MR) is 198 cm³/mol. The van der Waals surface area contributed by atoms with Crippen LogP contribution in [0.2, 0.25) is 0 Å². The maximum Gasteiger partial charge on any atom is 0.160 e. The van der Waals surface area contributed by atoms with Crippen LogP contribution >= 0.6 is 11.8 Å². The molecule has 0 saturated heterocycles. The molecule has 0 bridgehead atoms. The van der Waals surface area contributed by atoms with Gasteiger partial charge in [-0.1, -0.05) is 133 Å². The standard InChI is InChI=1S/C42H30N4S/c1-3-14-38-40(43-2)39-32-19-10-12-21-36(32)46(41(39)33-20-11-13-22-37(33)47-38)31-25-23-29(24-26-31)35-27-34(28-15-6-4-7-16-28)44-42(45-35)30-17-8-5-9-18-30/h3-27H,2H2,1H3/b14-3-. The summed E-state index contributed by atoms with van der Waals surface area (Å²) in [7, 11) is 0. The summed E-state index contributed by atoms with van der Waals surface area (Å²) in [5.74, 6) is 0.704. The van der Waals surface area contributed by atoms with E-state index in [2.05, 4.69) is 132 Å². The van der Waals surface area contributed by atoms with Crippen molar-refractivity contribution in [1.29, 1.82) is 0 Å². The smallest absolute Gasteiger partial charge is 0.160 e. The molecule has 4 nitrogen and oxygen atoms in total. The number of hydrogen-bond acceptors (Lipinski definition) is 4. The van der Waals surface area contributed by atoms with Crippen molar-refractivity contribution in [3.05, 3.63) is 162 Å². The van der Waals surface area contributed by atoms with E-state index in [9.17, 15) is 0 Å². The van der Waals surface area contributed by atoms with Crippen molar-refractivity contribution in [2.24, 2.45) is 4.99 Å². The minimum atomic E-state index is 0.704. The quantitative estimate of drug-likeness (QED) is 0.173. The third-order valence-corrected chi connectivity index (χ3v) is 9.56. The highest BCUT2D eigenvalue weighted by Crippen LogP contribution is 2.50. The highest BCUT2D eigenvalue weighted by molar-refractivity contribution is 8.03. The predicted octanol–water partition coefficient (Wildman–Crippen LogP) is 11.1. The van der Waals surface area contributed by atoms with Crippen LogP contribution in [-0.2, 0) is 0 Å². The van der Waals surface area contributed by atoms with Crippen LogP contribution in [0.25, 0.3) is 67.4 Å². The number of fused-ring (bicyclic) bond motifs is 5. The molecule has 0 spiro atoms. The van der Waals surface area contributed by atoms with Gasteiger partial charge in [0.05, 0.1) is 28.3 Å². The van der Waals surface area contributed by atoms with Gasteiger partial charge in [0.1, 0.15) is 0 Å². The molecule has 0 unspecified atom stereocenters. The molecule has 47 heavy (non-hydrogen) atoms. The lowest BCUT2D eigenvalue weighted by atomic mass is 10.0. The molecule has 3 heterocycles. The summed E-state index contributed by atoms with van der Waals surface area (Å²) in [4.78, 5) is 16.9. The lowest BCUT2D eigenvalue weighted by Gasteiger charge is -2.15. The molecule has 0 radical (unpaired) electrons. The van der Waals surface area contributed by atoms with Crippen molar-refractivity contribution in [3.8, 4) is 50.8 Å². The van der Waals surface area contributed by atoms with Gasteiger partial charge in [0, 0.05) is 48.7 Å². The molecule has 2 aromatic heterocycles. The number of thioether (sulfide) groups is 1. The second-order valence-electron chi connectivity index (χ2n) is 11.3. The number of aromatic nitrogens is 3. The second kappa shape index (κ2) is 12.2. The summed E-state index contributed by atoms with van der Waals surface area (Å²) in [5, 5.41) is 1.14. The number of nitrogens with zero attached hydrogens (tertiary/aromatic N) is 4. The Labute approximate surface area is 278 Å². The summed E-state index contributed by atoms with van der Waals surface area (Å²) in [5.41, 5.74) is 11.3. The first-order chi connectivity index (χ1) is 23.2. The van der Waals surface area contributed by atoms with Crippen LogP contribution in [0.15, 0.2) is 166 Å². The summed E-state index contributed by atoms with van der Waals surface area (Å²) in [6.45, 7) is 6.08. The summed E-state index contributed by atoms with van der Waals surface area (Å²) in [6, 6.07) is 48.4. The van der Waals surface area contributed by atoms with E-state index in [-0.39, 0.29) is 0 Å². The summed E-state index contributed by atoms with van der Waals surface area (Å²) < 4.78 is 2.36. The normalized spacial score (nSPS) is 12.6. The average Bonchev–Trinajstić information content (AvgIpc) is 3.40. The Hall–Kier alpha value is -5.78. The zero-order valence-corrected chi connectivity index (χ0v) is 26.7. The Morgan fingerprint density at radius 2 is 1.30 bits per heavy atom. The molecule has 0 N–H and O–H groups in total. The molecule has 224 valence electrons. The molecule has 5 heteroatoms. The minimum Gasteiger partial charge on any atom is -0.309 e. The van der Waals surface area contributed by atoms with Crippen LogP contribution in [0.5, 0.6) is 0 Å². The van der Waals surface area contributed by atoms with E-state index in [1.807, 2.05) is 43.3 Å². The van der Waals surface area contributed by atoms with E-state index in [1.54, 1.807) is 11.8 Å². The SMILES string of the molecule is C=NC1=C(/C=C\C)Sc2ccccc2-c2c1c1ccccc1n2-c1ccc(-c2cc(-c3ccccc3)nc(-c3ccccc3)n2)cc1. The molecule has 0 amide bonds. The first-order valence-electron chi connectivity index (χ1n) is 15.6. The first kappa shape index (κ1) is 28.7. The molecule has 0 aliphatic carbocycles. The Morgan fingerprint density at radius 1 is 0.681 bits per heavy atom. The zero-order valence-electron chi connectivity index (χ0n) is 25.8. The van der Waals surface area contributed by atoms with Crippen molar-refractivity contribution in [2.45, 2.75) is 11.8 Å². The van der Waals surface area contributed by atoms with Gasteiger partial charge < -0.3 is 4.57 Å². The molecule has 8 rings (SSSR count). The molecular weight excluding hydrogens is 593 g/mol. The van der Waals surface area contributed by atoms with E-state index in [0.29, 0.717) is 5.82 Å². The number of hydrogen-bond donors (Lipinski definition) is 0. The van der Waals surface area contributed by atoms with Gasteiger partial charge in [-0.25, -0.2) is 9.97 Å². The monoisotopic (exact) mass is 622 g/mol. The molecule has 0 atom stereocenters. The van der Waals surface area contributed by atoms with Crippen molar-refractivity contribution >= 4 is 35.1 Å². The highest BCUT2D eigenvalue weighted by atomic mass is 32.2. The number of rotatable bonds is 6. The van der Waals surface area contributed by atoms with E-state index >= 15 is 0 Å². The van der Waals surface area contributed by atoms with E-state index in [0.717, 1.165) is 66.5 Å². The maximum atomic E-state index is 5.05. The van der Waals surface area contributed by atoms with E-state index in [1.165, 1.54) is 10.5 Å². The van der Waals surface area contributed by atoms with Gasteiger partial charge in [-0.2, -0.15) is 0 Å². The second-order valence-corrected chi connectivity index (χ2v) is 12.4.